The molecular formula is C17H15BrN2O5. The van der Waals surface area contributed by atoms with Crippen LogP contribution in [0.1, 0.15) is 39.2 Å². The number of ether oxygens (including phenoxy) is 1. The fraction of sp³-hybridized carbons (Fsp3) is 0.176. The van der Waals surface area contributed by atoms with E-state index in [9.17, 15) is 19.7 Å². The number of nitrogens with one attached hydrogen (secondary N) is 1. The van der Waals surface area contributed by atoms with Crippen LogP contribution in [0.25, 0.3) is 0 Å². The average Bonchev–Trinajstić information content (AvgIpc) is 2.60. The van der Waals surface area contributed by atoms with Gasteiger partial charge in [-0.25, -0.2) is 4.79 Å². The predicted octanol–water partition coefficient (Wildman–Crippen LogP) is 3.63. The van der Waals surface area contributed by atoms with Crippen LogP contribution in [0.2, 0.25) is 0 Å². The topological polar surface area (TPSA) is 98.5 Å². The van der Waals surface area contributed by atoms with Crippen LogP contribution in [-0.4, -0.2) is 23.9 Å². The maximum atomic E-state index is 12.4. The Hall–Kier alpha value is -2.74. The number of nitro benzene ring substituents is 1. The van der Waals surface area contributed by atoms with E-state index in [0.29, 0.717) is 0 Å². The minimum Gasteiger partial charge on any atom is -0.465 e. The highest BCUT2D eigenvalue weighted by molar-refractivity contribution is 9.10. The number of nitro groups is 1. The molecule has 1 unspecified atom stereocenters. The van der Waals surface area contributed by atoms with Gasteiger partial charge in [0.05, 0.1) is 23.6 Å². The van der Waals surface area contributed by atoms with Crippen LogP contribution in [0.4, 0.5) is 5.69 Å². The number of amides is 1. The van der Waals surface area contributed by atoms with E-state index in [1.54, 1.807) is 6.92 Å². The second-order valence-corrected chi connectivity index (χ2v) is 6.18. The van der Waals surface area contributed by atoms with E-state index in [4.69, 9.17) is 0 Å². The number of benzene rings is 2. The van der Waals surface area contributed by atoms with E-state index in [1.165, 1.54) is 6.07 Å². The van der Waals surface area contributed by atoms with Crippen molar-refractivity contribution in [2.75, 3.05) is 7.11 Å². The van der Waals surface area contributed by atoms with E-state index in [-0.39, 0.29) is 22.9 Å². The summed E-state index contributed by atoms with van der Waals surface area (Å²) in [7, 11) is 1.16. The van der Waals surface area contributed by atoms with Crippen molar-refractivity contribution in [1.82, 2.24) is 5.32 Å². The lowest BCUT2D eigenvalue weighted by molar-refractivity contribution is -0.384. The summed E-state index contributed by atoms with van der Waals surface area (Å²) < 4.78 is 5.48. The number of esters is 1. The predicted molar refractivity (Wildman–Crippen MR) is 94.5 cm³/mol. The van der Waals surface area contributed by atoms with Crippen LogP contribution in [0.3, 0.4) is 0 Å². The van der Waals surface area contributed by atoms with Crippen molar-refractivity contribution in [3.8, 4) is 0 Å². The van der Waals surface area contributed by atoms with Crippen molar-refractivity contribution < 1.29 is 19.2 Å². The molecule has 0 aliphatic rings. The zero-order valence-corrected chi connectivity index (χ0v) is 15.1. The quantitative estimate of drug-likeness (QED) is 0.464. The van der Waals surface area contributed by atoms with E-state index in [1.807, 2.05) is 24.3 Å². The number of hydrogen-bond donors (Lipinski definition) is 1. The molecule has 0 radical (unpaired) electrons. The average molecular weight is 407 g/mol. The maximum Gasteiger partial charge on any atom is 0.338 e. The van der Waals surface area contributed by atoms with Crippen molar-refractivity contribution in [1.29, 1.82) is 0 Å². The molecule has 0 spiro atoms. The van der Waals surface area contributed by atoms with Crippen LogP contribution in [0.5, 0.6) is 0 Å². The summed E-state index contributed by atoms with van der Waals surface area (Å²) in [6, 6.07) is 10.5. The molecule has 0 aliphatic carbocycles. The number of carbonyl (C=O) groups is 2. The molecule has 0 heterocycles. The second-order valence-electron chi connectivity index (χ2n) is 5.26. The van der Waals surface area contributed by atoms with Crippen molar-refractivity contribution in [2.45, 2.75) is 13.0 Å². The fourth-order valence-corrected chi connectivity index (χ4v) is 2.46. The summed E-state index contributed by atoms with van der Waals surface area (Å²) in [4.78, 5) is 34.5. The van der Waals surface area contributed by atoms with Crippen molar-refractivity contribution >= 4 is 33.5 Å². The largest absolute Gasteiger partial charge is 0.465 e. The normalized spacial score (nSPS) is 11.5. The molecule has 2 rings (SSSR count). The van der Waals surface area contributed by atoms with Gasteiger partial charge in [0, 0.05) is 22.2 Å². The van der Waals surface area contributed by atoms with Gasteiger partial charge in [-0.05, 0) is 30.7 Å². The molecule has 0 saturated carbocycles. The molecule has 7 nitrogen and oxygen atoms in total. The van der Waals surface area contributed by atoms with Gasteiger partial charge < -0.3 is 10.1 Å². The third-order valence-corrected chi connectivity index (χ3v) is 4.06. The number of rotatable bonds is 5. The first-order valence-corrected chi connectivity index (χ1v) is 8.05. The molecule has 1 N–H and O–H groups in total. The third-order valence-electron chi connectivity index (χ3n) is 3.53. The molecular weight excluding hydrogens is 392 g/mol. The van der Waals surface area contributed by atoms with Crippen LogP contribution in [0, 0.1) is 10.1 Å². The van der Waals surface area contributed by atoms with Gasteiger partial charge in [-0.2, -0.15) is 0 Å². The molecule has 130 valence electrons. The van der Waals surface area contributed by atoms with Gasteiger partial charge >= 0.3 is 5.97 Å². The molecule has 1 atom stereocenters. The van der Waals surface area contributed by atoms with Crippen molar-refractivity contribution in [2.24, 2.45) is 0 Å². The molecule has 0 bridgehead atoms. The van der Waals surface area contributed by atoms with Crippen molar-refractivity contribution in [3.05, 3.63) is 73.7 Å². The molecule has 0 saturated heterocycles. The number of methoxy groups -OCH3 is 1. The first-order valence-electron chi connectivity index (χ1n) is 7.26. The Morgan fingerprint density at radius 1 is 1.16 bits per heavy atom. The van der Waals surface area contributed by atoms with Gasteiger partial charge in [-0.3, -0.25) is 14.9 Å². The van der Waals surface area contributed by atoms with E-state index in [0.717, 1.165) is 29.3 Å². The van der Waals surface area contributed by atoms with Gasteiger partial charge in [0.15, 0.2) is 0 Å². The summed E-state index contributed by atoms with van der Waals surface area (Å²) in [5, 5.41) is 13.8. The van der Waals surface area contributed by atoms with Crippen LogP contribution < -0.4 is 5.32 Å². The van der Waals surface area contributed by atoms with E-state index in [2.05, 4.69) is 26.0 Å². The number of non-ortho nitro benzene ring substituents is 1. The number of halogens is 1. The summed E-state index contributed by atoms with van der Waals surface area (Å²) in [5.74, 6) is -1.28. The Kier molecular flexibility index (Phi) is 5.87. The first kappa shape index (κ1) is 18.6. The Bertz CT molecular complexity index is 820. The van der Waals surface area contributed by atoms with Gasteiger partial charge in [0.25, 0.3) is 11.6 Å². The molecule has 8 heteroatoms. The molecule has 25 heavy (non-hydrogen) atoms. The number of nitrogens with zero attached hydrogens (tertiary/aromatic N) is 1. The minimum absolute atomic E-state index is 0.0126. The first-order chi connectivity index (χ1) is 11.8. The van der Waals surface area contributed by atoms with E-state index >= 15 is 0 Å². The van der Waals surface area contributed by atoms with Crippen LogP contribution >= 0.6 is 15.9 Å². The molecule has 0 aliphatic heterocycles. The lowest BCUT2D eigenvalue weighted by atomic mass is 10.1. The molecule has 2 aromatic rings. The summed E-state index contributed by atoms with van der Waals surface area (Å²) in [6.07, 6.45) is 0. The Balaban J connectivity index is 2.28. The minimum atomic E-state index is -0.751. The molecule has 2 aromatic carbocycles. The molecule has 0 fully saturated rings. The van der Waals surface area contributed by atoms with Crippen LogP contribution in [-0.2, 0) is 4.74 Å². The highest BCUT2D eigenvalue weighted by atomic mass is 79.9. The van der Waals surface area contributed by atoms with Gasteiger partial charge in [0.2, 0.25) is 0 Å². The lowest BCUT2D eigenvalue weighted by Gasteiger charge is -2.15. The van der Waals surface area contributed by atoms with E-state index < -0.39 is 16.8 Å². The van der Waals surface area contributed by atoms with Crippen molar-refractivity contribution in [3.63, 3.8) is 0 Å². The standard InChI is InChI=1S/C17H15BrN2O5/c1-10(11-3-5-14(18)6-4-11)19-16(21)12-7-13(17(22)25-2)9-15(8-12)20(23)24/h3-10H,1-2H3,(H,19,21). The SMILES string of the molecule is COC(=O)c1cc(C(=O)NC(C)c2ccc(Br)cc2)cc([N+](=O)[O-])c1. The molecule has 1 amide bonds. The Morgan fingerprint density at radius 2 is 1.76 bits per heavy atom. The fourth-order valence-electron chi connectivity index (χ4n) is 2.20. The zero-order chi connectivity index (χ0) is 18.6. The highest BCUT2D eigenvalue weighted by Gasteiger charge is 2.19. The smallest absolute Gasteiger partial charge is 0.338 e. The van der Waals surface area contributed by atoms with Gasteiger partial charge in [-0.15, -0.1) is 0 Å². The Morgan fingerprint density at radius 3 is 2.32 bits per heavy atom. The third kappa shape index (κ3) is 4.63. The van der Waals surface area contributed by atoms with Crippen LogP contribution in [0.15, 0.2) is 46.9 Å². The van der Waals surface area contributed by atoms with Gasteiger partial charge in [-0.1, -0.05) is 28.1 Å². The van der Waals surface area contributed by atoms with Gasteiger partial charge in [0.1, 0.15) is 0 Å². The monoisotopic (exact) mass is 406 g/mol. The lowest BCUT2D eigenvalue weighted by Crippen LogP contribution is -2.27. The Labute approximate surface area is 152 Å². The number of hydrogen-bond acceptors (Lipinski definition) is 5. The molecule has 0 aromatic heterocycles. The second kappa shape index (κ2) is 7.89. The summed E-state index contributed by atoms with van der Waals surface area (Å²) >= 11 is 3.34. The summed E-state index contributed by atoms with van der Waals surface area (Å²) in [5.41, 5.74) is 0.469. The summed E-state index contributed by atoms with van der Waals surface area (Å²) in [6.45, 7) is 1.79. The maximum absolute atomic E-state index is 12.4. The number of carbonyl (C=O) groups excluding carboxylic acids is 2. The zero-order valence-electron chi connectivity index (χ0n) is 13.5. The highest BCUT2D eigenvalue weighted by Crippen LogP contribution is 2.20.